The lowest BCUT2D eigenvalue weighted by Gasteiger charge is -2.38. The first-order chi connectivity index (χ1) is 13.3. The van der Waals surface area contributed by atoms with Crippen molar-refractivity contribution in [3.05, 3.63) is 11.6 Å². The van der Waals surface area contributed by atoms with E-state index in [2.05, 4.69) is 22.5 Å². The van der Waals surface area contributed by atoms with Crippen molar-refractivity contribution < 1.29 is 19.1 Å². The Morgan fingerprint density at radius 1 is 1.18 bits per heavy atom. The lowest BCUT2D eigenvalue weighted by molar-refractivity contribution is -0.124. The van der Waals surface area contributed by atoms with Gasteiger partial charge in [-0.1, -0.05) is 0 Å². The molecule has 1 heterocycles. The molecule has 2 amide bonds. The number of nitrogens with one attached hydrogen (secondary N) is 2. The van der Waals surface area contributed by atoms with Gasteiger partial charge in [-0.15, -0.1) is 0 Å². The fourth-order valence-electron chi connectivity index (χ4n) is 4.56. The van der Waals surface area contributed by atoms with E-state index >= 15 is 0 Å². The van der Waals surface area contributed by atoms with Crippen molar-refractivity contribution >= 4 is 23.6 Å². The Morgan fingerprint density at radius 2 is 1.96 bits per heavy atom. The fourth-order valence-corrected chi connectivity index (χ4v) is 4.56. The molecule has 4 rings (SSSR count). The van der Waals surface area contributed by atoms with E-state index in [4.69, 9.17) is 4.74 Å². The molecule has 3 aliphatic carbocycles. The summed E-state index contributed by atoms with van der Waals surface area (Å²) in [5, 5.41) is 5.84. The summed E-state index contributed by atoms with van der Waals surface area (Å²) in [7, 11) is 0. The Morgan fingerprint density at radius 3 is 2.61 bits per heavy atom. The first-order valence-electron chi connectivity index (χ1n) is 10.4. The third-order valence-electron chi connectivity index (χ3n) is 6.70. The van der Waals surface area contributed by atoms with Gasteiger partial charge < -0.3 is 15.4 Å². The van der Waals surface area contributed by atoms with Crippen LogP contribution >= 0.6 is 0 Å². The summed E-state index contributed by atoms with van der Waals surface area (Å²) in [4.78, 5) is 40.0. The van der Waals surface area contributed by atoms with E-state index in [1.165, 1.54) is 12.5 Å². The summed E-state index contributed by atoms with van der Waals surface area (Å²) in [6, 6.07) is 0. The van der Waals surface area contributed by atoms with Crippen molar-refractivity contribution in [2.75, 3.05) is 6.54 Å². The van der Waals surface area contributed by atoms with Crippen molar-refractivity contribution in [2.45, 2.75) is 70.4 Å². The molecule has 0 radical (unpaired) electrons. The Hall–Kier alpha value is -2.18. The number of hydrogen-bond acceptors (Lipinski definition) is 5. The first-order valence-corrected chi connectivity index (χ1v) is 10.4. The van der Waals surface area contributed by atoms with E-state index < -0.39 is 0 Å². The van der Waals surface area contributed by atoms with Gasteiger partial charge in [-0.3, -0.25) is 14.6 Å². The van der Waals surface area contributed by atoms with Crippen molar-refractivity contribution in [1.82, 2.24) is 10.6 Å². The van der Waals surface area contributed by atoms with Crippen molar-refractivity contribution in [3.8, 4) is 0 Å². The number of Topliss-reactive ketones (excluding diaryl/α,β-unsaturated/α-hetero) is 1. The van der Waals surface area contributed by atoms with Gasteiger partial charge in [0.1, 0.15) is 17.7 Å². The molecule has 7 nitrogen and oxygen atoms in total. The predicted octanol–water partition coefficient (Wildman–Crippen LogP) is 2.50. The summed E-state index contributed by atoms with van der Waals surface area (Å²) in [5.74, 6) is 0.585. The highest BCUT2D eigenvalue weighted by atomic mass is 16.6. The topological polar surface area (TPSA) is 96.9 Å². The van der Waals surface area contributed by atoms with Crippen LogP contribution in [0.1, 0.15) is 58.8 Å². The second-order valence-corrected chi connectivity index (χ2v) is 9.05. The monoisotopic (exact) mass is 387 g/mol. The molecular formula is C21H29N3O4. The van der Waals surface area contributed by atoms with Gasteiger partial charge in [0.15, 0.2) is 0 Å². The zero-order valence-electron chi connectivity index (χ0n) is 16.6. The third-order valence-corrected chi connectivity index (χ3v) is 6.70. The number of amidine groups is 1. The molecule has 28 heavy (non-hydrogen) atoms. The number of aliphatic imine (C=N–C) groups is 1. The van der Waals surface area contributed by atoms with E-state index in [1.54, 1.807) is 0 Å². The first kappa shape index (κ1) is 19.2. The van der Waals surface area contributed by atoms with Gasteiger partial charge in [0.25, 0.3) is 0 Å². The zero-order valence-corrected chi connectivity index (χ0v) is 16.6. The third kappa shape index (κ3) is 4.13. The van der Waals surface area contributed by atoms with Crippen LogP contribution in [0.2, 0.25) is 0 Å². The quantitative estimate of drug-likeness (QED) is 0.757. The molecule has 0 aromatic carbocycles. The molecule has 152 valence electrons. The van der Waals surface area contributed by atoms with E-state index in [0.717, 1.165) is 38.5 Å². The average molecular weight is 387 g/mol. The Bertz CT molecular complexity index is 753. The van der Waals surface area contributed by atoms with Crippen LogP contribution in [0.5, 0.6) is 0 Å². The smallest absolute Gasteiger partial charge is 0.407 e. The number of rotatable bonds is 5. The molecule has 1 aliphatic heterocycles. The molecule has 3 saturated carbocycles. The van der Waals surface area contributed by atoms with Crippen LogP contribution in [0.15, 0.2) is 16.6 Å². The van der Waals surface area contributed by atoms with Gasteiger partial charge in [0.2, 0.25) is 5.91 Å². The van der Waals surface area contributed by atoms with Crippen LogP contribution in [0, 0.1) is 17.8 Å². The van der Waals surface area contributed by atoms with Crippen molar-refractivity contribution in [3.63, 3.8) is 0 Å². The number of hydrogen-bond donors (Lipinski definition) is 2. The molecule has 3 fully saturated rings. The van der Waals surface area contributed by atoms with Crippen molar-refractivity contribution in [2.24, 2.45) is 22.7 Å². The molecule has 4 aliphatic rings. The second-order valence-electron chi connectivity index (χ2n) is 9.05. The summed E-state index contributed by atoms with van der Waals surface area (Å²) < 4.78 is 5.62. The Kier molecular flexibility index (Phi) is 5.02. The minimum atomic E-state index is -0.304. The normalized spacial score (nSPS) is 32.6. The lowest BCUT2D eigenvalue weighted by atomic mass is 9.79. The van der Waals surface area contributed by atoms with Crippen LogP contribution in [0.3, 0.4) is 0 Å². The standard InChI is InChI=1S/C21H29N3O4/c1-12(25)16-10-17(16)19(26)23-18-9-14(11-22-18)13-4-5-15(8-13)28-20(27)24-21(2)6-3-7-21/h9,13,15-17H,3-8,10-11H2,1-2H3,(H,24,27)(H,22,23,26)/t13-,15+,16+,17-/m0/s1. The molecule has 0 bridgehead atoms. The molecule has 0 aromatic heterocycles. The number of carbonyl (C=O) groups is 3. The molecule has 7 heteroatoms. The molecule has 2 N–H and O–H groups in total. The number of carbonyl (C=O) groups excluding carboxylic acids is 3. The molecule has 0 spiro atoms. The van der Waals surface area contributed by atoms with Crippen molar-refractivity contribution in [1.29, 1.82) is 0 Å². The SMILES string of the molecule is CC(=O)[C@H]1C[C@@H]1C(=O)NC1=NCC([C@H]2CC[C@@H](OC(=O)NC3(C)CCC3)C2)=C1. The number of nitrogens with zero attached hydrogens (tertiary/aromatic N) is 1. The van der Waals surface area contributed by atoms with Gasteiger partial charge in [0.05, 0.1) is 6.54 Å². The Labute approximate surface area is 165 Å². The highest BCUT2D eigenvalue weighted by Crippen LogP contribution is 2.39. The van der Waals surface area contributed by atoms with Gasteiger partial charge in [-0.25, -0.2) is 4.79 Å². The number of amides is 2. The minimum Gasteiger partial charge on any atom is -0.446 e. The van der Waals surface area contributed by atoms with E-state index in [0.29, 0.717) is 24.7 Å². The maximum atomic E-state index is 12.2. The zero-order chi connectivity index (χ0) is 19.9. The van der Waals surface area contributed by atoms with E-state index in [-0.39, 0.29) is 41.3 Å². The number of ether oxygens (including phenoxy) is 1. The van der Waals surface area contributed by atoms with Crippen LogP contribution in [0.25, 0.3) is 0 Å². The van der Waals surface area contributed by atoms with Crippen LogP contribution in [-0.4, -0.2) is 41.8 Å². The summed E-state index contributed by atoms with van der Waals surface area (Å²) in [6.45, 7) is 4.18. The van der Waals surface area contributed by atoms with Crippen LogP contribution in [-0.2, 0) is 14.3 Å². The largest absolute Gasteiger partial charge is 0.446 e. The molecule has 4 atom stereocenters. The maximum Gasteiger partial charge on any atom is 0.407 e. The molecular weight excluding hydrogens is 358 g/mol. The van der Waals surface area contributed by atoms with Gasteiger partial charge in [-0.05, 0) is 76.4 Å². The van der Waals surface area contributed by atoms with Gasteiger partial charge >= 0.3 is 6.09 Å². The number of ketones is 1. The summed E-state index contributed by atoms with van der Waals surface area (Å²) in [5.41, 5.74) is 1.10. The molecule has 0 aromatic rings. The fraction of sp³-hybridized carbons (Fsp3) is 0.714. The highest BCUT2D eigenvalue weighted by molar-refractivity contribution is 6.08. The predicted molar refractivity (Wildman–Crippen MR) is 104 cm³/mol. The van der Waals surface area contributed by atoms with E-state index in [9.17, 15) is 14.4 Å². The van der Waals surface area contributed by atoms with Crippen LogP contribution in [0.4, 0.5) is 4.79 Å². The minimum absolute atomic E-state index is 0.0593. The second kappa shape index (κ2) is 7.33. The lowest BCUT2D eigenvalue weighted by Crippen LogP contribution is -2.51. The summed E-state index contributed by atoms with van der Waals surface area (Å²) >= 11 is 0. The van der Waals surface area contributed by atoms with Gasteiger partial charge in [-0.2, -0.15) is 0 Å². The molecule has 0 unspecified atom stereocenters. The number of alkyl carbamates (subject to hydrolysis) is 1. The maximum absolute atomic E-state index is 12.2. The Balaban J connectivity index is 1.22. The van der Waals surface area contributed by atoms with E-state index in [1.807, 2.05) is 6.08 Å². The average Bonchev–Trinajstić information content (AvgIpc) is 3.08. The highest BCUT2D eigenvalue weighted by Gasteiger charge is 2.46. The molecule has 0 saturated heterocycles. The van der Waals surface area contributed by atoms with Gasteiger partial charge in [0, 0.05) is 17.4 Å². The summed E-state index contributed by atoms with van der Waals surface area (Å²) in [6.07, 6.45) is 8.05. The van der Waals surface area contributed by atoms with Crippen LogP contribution < -0.4 is 10.6 Å².